The lowest BCUT2D eigenvalue weighted by Crippen LogP contribution is -2.41. The fraction of sp³-hybridized carbons (Fsp3) is 0.278. The van der Waals surface area contributed by atoms with Gasteiger partial charge in [0.25, 0.3) is 0 Å². The molecule has 1 aliphatic rings. The first-order valence-electron chi connectivity index (χ1n) is 7.22. The van der Waals surface area contributed by atoms with E-state index in [1.807, 2.05) is 60.7 Å². The molecule has 1 atom stereocenters. The normalized spacial score (nSPS) is 19.0. The number of hydrogen-bond donors (Lipinski definition) is 1. The molecular formula is C18H19NO2. The lowest BCUT2D eigenvalue weighted by Gasteiger charge is -2.34. The second-order valence-electron chi connectivity index (χ2n) is 5.60. The zero-order valence-corrected chi connectivity index (χ0v) is 12.1. The molecule has 2 aromatic carbocycles. The van der Waals surface area contributed by atoms with E-state index in [1.165, 1.54) is 0 Å². The summed E-state index contributed by atoms with van der Waals surface area (Å²) in [5.41, 5.74) is 0.263. The molecule has 1 aliphatic heterocycles. The van der Waals surface area contributed by atoms with Crippen molar-refractivity contribution in [3.8, 4) is 0 Å². The summed E-state index contributed by atoms with van der Waals surface area (Å²) in [4.78, 5) is 14.2. The van der Waals surface area contributed by atoms with E-state index in [0.717, 1.165) is 11.1 Å². The molecule has 0 bridgehead atoms. The second kappa shape index (κ2) is 5.34. The Hall–Kier alpha value is -2.13. The number of rotatable bonds is 3. The summed E-state index contributed by atoms with van der Waals surface area (Å²) in [7, 11) is 1.79. The standard InChI is InChI=1S/C18H19NO2/c1-19-13-12-16(17(19)20)18(21,14-8-4-2-5-9-14)15-10-6-3-7-11-15/h2-11,16,21H,12-13H2,1H3/t16-/m1/s1. The van der Waals surface area contributed by atoms with Crippen molar-refractivity contribution in [3.63, 3.8) is 0 Å². The van der Waals surface area contributed by atoms with Gasteiger partial charge in [-0.2, -0.15) is 0 Å². The zero-order valence-electron chi connectivity index (χ0n) is 12.1. The van der Waals surface area contributed by atoms with Gasteiger partial charge in [-0.1, -0.05) is 60.7 Å². The van der Waals surface area contributed by atoms with Crippen LogP contribution < -0.4 is 0 Å². The Morgan fingerprint density at radius 3 is 1.86 bits per heavy atom. The SMILES string of the molecule is CN1CC[C@@H](C(O)(c2ccccc2)c2ccccc2)C1=O. The van der Waals surface area contributed by atoms with Crippen molar-refractivity contribution in [2.75, 3.05) is 13.6 Å². The topological polar surface area (TPSA) is 40.5 Å². The minimum absolute atomic E-state index is 0.00482. The average Bonchev–Trinajstić information content (AvgIpc) is 2.88. The van der Waals surface area contributed by atoms with E-state index in [9.17, 15) is 9.90 Å². The fourth-order valence-corrected chi connectivity index (χ4v) is 3.16. The first-order chi connectivity index (χ1) is 10.1. The predicted octanol–water partition coefficient (Wildman–Crippen LogP) is 2.40. The summed E-state index contributed by atoms with van der Waals surface area (Å²) < 4.78 is 0. The van der Waals surface area contributed by atoms with Crippen LogP contribution in [0.2, 0.25) is 0 Å². The molecular weight excluding hydrogens is 262 g/mol. The van der Waals surface area contributed by atoms with Gasteiger partial charge in [0.05, 0.1) is 5.92 Å². The van der Waals surface area contributed by atoms with E-state index in [0.29, 0.717) is 13.0 Å². The number of carbonyl (C=O) groups excluding carboxylic acids is 1. The molecule has 3 nitrogen and oxygen atoms in total. The summed E-state index contributed by atoms with van der Waals surface area (Å²) in [6.07, 6.45) is 0.662. The molecule has 1 N–H and O–H groups in total. The van der Waals surface area contributed by atoms with E-state index < -0.39 is 11.5 Å². The van der Waals surface area contributed by atoms with Crippen molar-refractivity contribution >= 4 is 5.91 Å². The number of likely N-dealkylation sites (tertiary alicyclic amines) is 1. The van der Waals surface area contributed by atoms with Crippen molar-refractivity contribution < 1.29 is 9.90 Å². The zero-order chi connectivity index (χ0) is 14.9. The Balaban J connectivity index is 2.14. The van der Waals surface area contributed by atoms with E-state index in [2.05, 4.69) is 0 Å². The Bertz CT molecular complexity index is 585. The molecule has 0 saturated carbocycles. The fourth-order valence-electron chi connectivity index (χ4n) is 3.16. The first kappa shape index (κ1) is 13.8. The van der Waals surface area contributed by atoms with E-state index in [1.54, 1.807) is 11.9 Å². The Labute approximate surface area is 124 Å². The third-order valence-corrected chi connectivity index (χ3v) is 4.36. The maximum Gasteiger partial charge on any atom is 0.229 e. The molecule has 1 fully saturated rings. The number of carbonyl (C=O) groups is 1. The lowest BCUT2D eigenvalue weighted by molar-refractivity contribution is -0.136. The van der Waals surface area contributed by atoms with Crippen molar-refractivity contribution in [1.29, 1.82) is 0 Å². The molecule has 0 spiro atoms. The molecule has 0 unspecified atom stereocenters. The number of hydrogen-bond acceptors (Lipinski definition) is 2. The maximum atomic E-state index is 12.5. The average molecular weight is 281 g/mol. The Morgan fingerprint density at radius 1 is 1.00 bits per heavy atom. The molecule has 0 aliphatic carbocycles. The predicted molar refractivity (Wildman–Crippen MR) is 81.6 cm³/mol. The molecule has 3 rings (SSSR count). The quantitative estimate of drug-likeness (QED) is 0.938. The van der Waals surface area contributed by atoms with Crippen molar-refractivity contribution in [1.82, 2.24) is 4.90 Å². The summed E-state index contributed by atoms with van der Waals surface area (Å²) in [6.45, 7) is 0.686. The van der Waals surface area contributed by atoms with Gasteiger partial charge in [0.1, 0.15) is 5.60 Å². The molecule has 1 amide bonds. The molecule has 2 aromatic rings. The molecule has 21 heavy (non-hydrogen) atoms. The van der Waals surface area contributed by atoms with Crippen LogP contribution in [-0.2, 0) is 10.4 Å². The largest absolute Gasteiger partial charge is 0.380 e. The van der Waals surface area contributed by atoms with Crippen LogP contribution in [0.25, 0.3) is 0 Å². The van der Waals surface area contributed by atoms with Crippen LogP contribution in [-0.4, -0.2) is 29.5 Å². The van der Waals surface area contributed by atoms with E-state index in [4.69, 9.17) is 0 Å². The first-order valence-corrected chi connectivity index (χ1v) is 7.22. The smallest absolute Gasteiger partial charge is 0.229 e. The van der Waals surface area contributed by atoms with Gasteiger partial charge in [-0.25, -0.2) is 0 Å². The van der Waals surface area contributed by atoms with Crippen molar-refractivity contribution in [2.45, 2.75) is 12.0 Å². The van der Waals surface area contributed by atoms with Crippen LogP contribution in [0, 0.1) is 5.92 Å². The van der Waals surface area contributed by atoms with Gasteiger partial charge >= 0.3 is 0 Å². The van der Waals surface area contributed by atoms with Gasteiger partial charge in [0.2, 0.25) is 5.91 Å². The Kier molecular flexibility index (Phi) is 3.52. The lowest BCUT2D eigenvalue weighted by atomic mass is 9.75. The Morgan fingerprint density at radius 2 is 1.48 bits per heavy atom. The molecule has 0 radical (unpaired) electrons. The number of amides is 1. The van der Waals surface area contributed by atoms with Crippen molar-refractivity contribution in [2.24, 2.45) is 5.92 Å². The molecule has 1 heterocycles. The molecule has 1 saturated heterocycles. The van der Waals surface area contributed by atoms with Gasteiger partial charge < -0.3 is 10.0 Å². The summed E-state index contributed by atoms with van der Waals surface area (Å²) >= 11 is 0. The highest BCUT2D eigenvalue weighted by molar-refractivity contribution is 5.83. The summed E-state index contributed by atoms with van der Waals surface area (Å²) in [6, 6.07) is 19.0. The number of aliphatic hydroxyl groups is 1. The van der Waals surface area contributed by atoms with Crippen molar-refractivity contribution in [3.05, 3.63) is 71.8 Å². The highest BCUT2D eigenvalue weighted by Gasteiger charge is 2.47. The third-order valence-electron chi connectivity index (χ3n) is 4.36. The van der Waals surface area contributed by atoms with E-state index in [-0.39, 0.29) is 5.91 Å². The van der Waals surface area contributed by atoms with Crippen LogP contribution in [0.5, 0.6) is 0 Å². The van der Waals surface area contributed by atoms with E-state index >= 15 is 0 Å². The third kappa shape index (κ3) is 2.24. The number of benzene rings is 2. The maximum absolute atomic E-state index is 12.5. The highest BCUT2D eigenvalue weighted by atomic mass is 16.3. The van der Waals surface area contributed by atoms with Gasteiger partial charge in [-0.15, -0.1) is 0 Å². The minimum Gasteiger partial charge on any atom is -0.380 e. The summed E-state index contributed by atoms with van der Waals surface area (Å²) in [5.74, 6) is -0.433. The van der Waals surface area contributed by atoms with Crippen LogP contribution in [0.1, 0.15) is 17.5 Å². The number of nitrogens with zero attached hydrogens (tertiary/aromatic N) is 1. The second-order valence-corrected chi connectivity index (χ2v) is 5.60. The summed E-state index contributed by atoms with van der Waals surface area (Å²) in [5, 5.41) is 11.5. The monoisotopic (exact) mass is 281 g/mol. The van der Waals surface area contributed by atoms with Crippen LogP contribution in [0.4, 0.5) is 0 Å². The van der Waals surface area contributed by atoms with Crippen LogP contribution >= 0.6 is 0 Å². The van der Waals surface area contributed by atoms with Gasteiger partial charge in [0.15, 0.2) is 0 Å². The minimum atomic E-state index is -1.27. The van der Waals surface area contributed by atoms with Gasteiger partial charge in [-0.05, 0) is 17.5 Å². The molecule has 0 aromatic heterocycles. The van der Waals surface area contributed by atoms with Gasteiger partial charge in [0, 0.05) is 13.6 Å². The van der Waals surface area contributed by atoms with Crippen LogP contribution in [0.3, 0.4) is 0 Å². The van der Waals surface area contributed by atoms with Gasteiger partial charge in [-0.3, -0.25) is 4.79 Å². The van der Waals surface area contributed by atoms with Crippen LogP contribution in [0.15, 0.2) is 60.7 Å². The molecule has 108 valence electrons. The molecule has 3 heteroatoms. The highest BCUT2D eigenvalue weighted by Crippen LogP contribution is 2.41.